The summed E-state index contributed by atoms with van der Waals surface area (Å²) in [7, 11) is 1.55. The summed E-state index contributed by atoms with van der Waals surface area (Å²) in [5.74, 6) is 0.747. The van der Waals surface area contributed by atoms with Gasteiger partial charge in [-0.3, -0.25) is 4.79 Å². The maximum Gasteiger partial charge on any atom is 0.336 e. The molecule has 0 saturated heterocycles. The summed E-state index contributed by atoms with van der Waals surface area (Å²) in [4.78, 5) is 16.5. The molecule has 6 nitrogen and oxygen atoms in total. The Morgan fingerprint density at radius 2 is 1.79 bits per heavy atom. The van der Waals surface area contributed by atoms with Crippen molar-refractivity contribution in [3.63, 3.8) is 0 Å². The second-order valence-corrected chi connectivity index (χ2v) is 6.75. The summed E-state index contributed by atoms with van der Waals surface area (Å²) in [6, 6.07) is 16.0. The number of hydrogen-bond donors (Lipinski definition) is 1. The number of amides is 1. The van der Waals surface area contributed by atoms with Gasteiger partial charge in [0.1, 0.15) is 0 Å². The smallest absolute Gasteiger partial charge is 0.336 e. The number of unbranched alkanes of at least 4 members (excludes halogenated alkanes) is 2. The normalized spacial score (nSPS) is 10.7. The summed E-state index contributed by atoms with van der Waals surface area (Å²) in [5.41, 5.74) is 3.75. The van der Waals surface area contributed by atoms with Crippen molar-refractivity contribution >= 4 is 11.6 Å². The van der Waals surface area contributed by atoms with Crippen LogP contribution in [0.4, 0.5) is 5.69 Å². The zero-order valence-corrected chi connectivity index (χ0v) is 16.6. The van der Waals surface area contributed by atoms with Crippen LogP contribution in [0.2, 0.25) is 0 Å². The fourth-order valence-electron chi connectivity index (χ4n) is 2.89. The molecule has 1 aromatic heterocycles. The highest BCUT2D eigenvalue weighted by molar-refractivity contribution is 5.90. The molecule has 0 aliphatic heterocycles. The van der Waals surface area contributed by atoms with Crippen molar-refractivity contribution in [2.45, 2.75) is 39.5 Å². The number of carbonyl (C=O) groups excluding carboxylic acids is 1. The number of aromatic nitrogens is 3. The van der Waals surface area contributed by atoms with E-state index in [2.05, 4.69) is 22.3 Å². The third kappa shape index (κ3) is 4.76. The zero-order chi connectivity index (χ0) is 19.9. The van der Waals surface area contributed by atoms with Crippen LogP contribution in [0.15, 0.2) is 48.5 Å². The monoisotopic (exact) mass is 378 g/mol. The molecular formula is C22H26N4O2. The molecule has 0 saturated carbocycles. The van der Waals surface area contributed by atoms with Crippen molar-refractivity contribution in [1.82, 2.24) is 14.8 Å². The van der Waals surface area contributed by atoms with E-state index in [-0.39, 0.29) is 5.91 Å². The molecule has 0 fully saturated rings. The molecule has 3 rings (SSSR count). The first-order valence-corrected chi connectivity index (χ1v) is 9.59. The number of hydrogen-bond acceptors (Lipinski definition) is 4. The zero-order valence-electron chi connectivity index (χ0n) is 16.6. The molecule has 0 aliphatic rings. The topological polar surface area (TPSA) is 69.0 Å². The van der Waals surface area contributed by atoms with Gasteiger partial charge in [-0.05, 0) is 37.6 Å². The quantitative estimate of drug-likeness (QED) is 0.573. The minimum Gasteiger partial charge on any atom is -0.466 e. The van der Waals surface area contributed by atoms with Crippen molar-refractivity contribution in [3.8, 4) is 23.1 Å². The van der Waals surface area contributed by atoms with Crippen LogP contribution in [0.1, 0.15) is 38.2 Å². The number of ether oxygens (including phenoxy) is 1. The summed E-state index contributed by atoms with van der Waals surface area (Å²) in [6.45, 7) is 4.17. The summed E-state index contributed by atoms with van der Waals surface area (Å²) in [5, 5.41) is 7.37. The number of benzene rings is 2. The van der Waals surface area contributed by atoms with E-state index in [1.165, 1.54) is 5.56 Å². The molecule has 3 aromatic rings. The Kier molecular flexibility index (Phi) is 6.42. The Hall–Kier alpha value is -3.15. The summed E-state index contributed by atoms with van der Waals surface area (Å²) in [6.07, 6.45) is 3.64. The van der Waals surface area contributed by atoms with E-state index in [0.29, 0.717) is 18.3 Å². The van der Waals surface area contributed by atoms with Crippen LogP contribution in [0.5, 0.6) is 6.01 Å². The number of aryl methyl sites for hydroxylation is 1. The van der Waals surface area contributed by atoms with Crippen LogP contribution >= 0.6 is 0 Å². The van der Waals surface area contributed by atoms with E-state index in [0.717, 1.165) is 36.2 Å². The average molecular weight is 378 g/mol. The average Bonchev–Trinajstić information content (AvgIpc) is 3.14. The third-order valence-corrected chi connectivity index (χ3v) is 4.48. The Labute approximate surface area is 165 Å². The predicted octanol–water partition coefficient (Wildman–Crippen LogP) is 4.77. The highest BCUT2D eigenvalue weighted by Gasteiger charge is 2.14. The van der Waals surface area contributed by atoms with E-state index in [4.69, 9.17) is 4.74 Å². The first kappa shape index (κ1) is 19.6. The maximum atomic E-state index is 12.0. The van der Waals surface area contributed by atoms with Crippen LogP contribution in [-0.2, 0) is 4.79 Å². The van der Waals surface area contributed by atoms with Gasteiger partial charge in [0.15, 0.2) is 5.82 Å². The number of nitrogens with zero attached hydrogens (tertiary/aromatic N) is 3. The summed E-state index contributed by atoms with van der Waals surface area (Å²) >= 11 is 0. The van der Waals surface area contributed by atoms with E-state index in [1.807, 2.05) is 55.5 Å². The van der Waals surface area contributed by atoms with Crippen LogP contribution in [-0.4, -0.2) is 27.8 Å². The van der Waals surface area contributed by atoms with Gasteiger partial charge < -0.3 is 10.1 Å². The van der Waals surface area contributed by atoms with E-state index >= 15 is 0 Å². The fourth-order valence-corrected chi connectivity index (χ4v) is 2.89. The Morgan fingerprint density at radius 3 is 2.43 bits per heavy atom. The molecule has 1 amide bonds. The van der Waals surface area contributed by atoms with Crippen LogP contribution in [0, 0.1) is 6.92 Å². The third-order valence-electron chi connectivity index (χ3n) is 4.48. The molecular weight excluding hydrogens is 352 g/mol. The van der Waals surface area contributed by atoms with Crippen molar-refractivity contribution in [2.75, 3.05) is 12.4 Å². The van der Waals surface area contributed by atoms with Gasteiger partial charge in [-0.1, -0.05) is 49.6 Å². The highest BCUT2D eigenvalue weighted by Crippen LogP contribution is 2.24. The SMILES string of the molecule is CCCCCC(=O)Nc1ccc(-n2nc(OC)nc2-c2ccc(C)cc2)cc1. The molecule has 1 heterocycles. The van der Waals surface area contributed by atoms with Gasteiger partial charge in [0.2, 0.25) is 5.91 Å². The van der Waals surface area contributed by atoms with E-state index < -0.39 is 0 Å². The molecule has 0 radical (unpaired) electrons. The van der Waals surface area contributed by atoms with Gasteiger partial charge in [0, 0.05) is 17.7 Å². The van der Waals surface area contributed by atoms with Crippen LogP contribution in [0.25, 0.3) is 17.1 Å². The maximum absolute atomic E-state index is 12.0. The van der Waals surface area contributed by atoms with Gasteiger partial charge >= 0.3 is 6.01 Å². The molecule has 0 atom stereocenters. The van der Waals surface area contributed by atoms with Gasteiger partial charge in [-0.2, -0.15) is 4.98 Å². The number of carbonyl (C=O) groups is 1. The van der Waals surface area contributed by atoms with E-state index in [1.54, 1.807) is 11.8 Å². The van der Waals surface area contributed by atoms with Crippen molar-refractivity contribution in [3.05, 3.63) is 54.1 Å². The van der Waals surface area contributed by atoms with Crippen molar-refractivity contribution < 1.29 is 9.53 Å². The molecule has 0 spiro atoms. The fraction of sp³-hybridized carbons (Fsp3) is 0.318. The minimum atomic E-state index is 0.0453. The molecule has 6 heteroatoms. The standard InChI is InChI=1S/C22H26N4O2/c1-4-5-6-7-20(27)23-18-12-14-19(15-13-18)26-21(24-22(25-26)28-3)17-10-8-16(2)9-11-17/h8-15H,4-7H2,1-3H3,(H,23,27). The molecule has 0 unspecified atom stereocenters. The second-order valence-electron chi connectivity index (χ2n) is 6.75. The van der Waals surface area contributed by atoms with Crippen molar-refractivity contribution in [2.24, 2.45) is 0 Å². The molecule has 146 valence electrons. The van der Waals surface area contributed by atoms with Crippen molar-refractivity contribution in [1.29, 1.82) is 0 Å². The van der Waals surface area contributed by atoms with Crippen LogP contribution in [0.3, 0.4) is 0 Å². The predicted molar refractivity (Wildman–Crippen MR) is 111 cm³/mol. The largest absolute Gasteiger partial charge is 0.466 e. The molecule has 0 aliphatic carbocycles. The van der Waals surface area contributed by atoms with E-state index in [9.17, 15) is 4.79 Å². The Balaban J connectivity index is 1.81. The van der Waals surface area contributed by atoms with Gasteiger partial charge in [-0.15, -0.1) is 5.10 Å². The van der Waals surface area contributed by atoms with Gasteiger partial charge in [-0.25, -0.2) is 4.68 Å². The molecule has 0 bridgehead atoms. The Bertz CT molecular complexity index is 915. The lowest BCUT2D eigenvalue weighted by molar-refractivity contribution is -0.116. The highest BCUT2D eigenvalue weighted by atomic mass is 16.5. The van der Waals surface area contributed by atoms with Gasteiger partial charge in [0.05, 0.1) is 12.8 Å². The second kappa shape index (κ2) is 9.17. The van der Waals surface area contributed by atoms with Crippen LogP contribution < -0.4 is 10.1 Å². The van der Waals surface area contributed by atoms with Gasteiger partial charge in [0.25, 0.3) is 0 Å². The minimum absolute atomic E-state index is 0.0453. The first-order valence-electron chi connectivity index (χ1n) is 9.59. The lowest BCUT2D eigenvalue weighted by atomic mass is 10.1. The number of nitrogens with one attached hydrogen (secondary N) is 1. The Morgan fingerprint density at radius 1 is 1.07 bits per heavy atom. The number of methoxy groups -OCH3 is 1. The number of rotatable bonds is 8. The summed E-state index contributed by atoms with van der Waals surface area (Å²) < 4.78 is 6.97. The number of anilines is 1. The lowest BCUT2D eigenvalue weighted by Gasteiger charge is -2.08. The first-order chi connectivity index (χ1) is 13.6. The lowest BCUT2D eigenvalue weighted by Crippen LogP contribution is -2.11. The molecule has 28 heavy (non-hydrogen) atoms. The molecule has 1 N–H and O–H groups in total. The molecule has 2 aromatic carbocycles.